The van der Waals surface area contributed by atoms with Crippen molar-refractivity contribution in [2.75, 3.05) is 7.11 Å². The van der Waals surface area contributed by atoms with Crippen LogP contribution in [-0.4, -0.2) is 29.3 Å². The van der Waals surface area contributed by atoms with Gasteiger partial charge in [-0.15, -0.1) is 0 Å². The van der Waals surface area contributed by atoms with Gasteiger partial charge in [-0.2, -0.15) is 4.99 Å². The van der Waals surface area contributed by atoms with Gasteiger partial charge in [-0.25, -0.2) is 0 Å². The Morgan fingerprint density at radius 2 is 1.78 bits per heavy atom. The van der Waals surface area contributed by atoms with Gasteiger partial charge in [0.05, 0.1) is 17.3 Å². The number of nitrogens with zero attached hydrogens (tertiary/aromatic N) is 2. The van der Waals surface area contributed by atoms with E-state index in [0.29, 0.717) is 15.9 Å². The van der Waals surface area contributed by atoms with Crippen molar-refractivity contribution in [3.63, 3.8) is 0 Å². The molecule has 0 N–H and O–H groups in total. The van der Waals surface area contributed by atoms with E-state index in [2.05, 4.69) is 20.9 Å². The maximum absolute atomic E-state index is 12.6. The molecule has 6 nitrogen and oxygen atoms in total. The molecule has 0 saturated carbocycles. The van der Waals surface area contributed by atoms with Crippen molar-refractivity contribution in [1.82, 2.24) is 4.57 Å². The van der Waals surface area contributed by atoms with E-state index in [1.54, 1.807) is 28.8 Å². The van der Waals surface area contributed by atoms with Gasteiger partial charge in [0.25, 0.3) is 5.91 Å². The van der Waals surface area contributed by atoms with Gasteiger partial charge in [0.15, 0.2) is 10.6 Å². The molecule has 27 heavy (non-hydrogen) atoms. The molecule has 0 bridgehead atoms. The van der Waals surface area contributed by atoms with Crippen LogP contribution in [0.2, 0.25) is 0 Å². The minimum Gasteiger partial charge on any atom is -0.468 e. The molecular formula is C19H15BrN2O4S. The maximum atomic E-state index is 12.6. The number of aromatic nitrogens is 1. The Balaban J connectivity index is 2.08. The van der Waals surface area contributed by atoms with E-state index < -0.39 is 11.9 Å². The van der Waals surface area contributed by atoms with Crippen LogP contribution in [0.15, 0.2) is 51.9 Å². The number of Topliss-reactive ketones (excluding diaryl/α,β-unsaturated/α-hetero) is 1. The summed E-state index contributed by atoms with van der Waals surface area (Å²) in [5, 5.41) is 0. The molecule has 0 aliphatic rings. The van der Waals surface area contributed by atoms with E-state index in [0.717, 1.165) is 14.7 Å². The zero-order valence-electron chi connectivity index (χ0n) is 14.6. The molecule has 0 unspecified atom stereocenters. The Hall–Kier alpha value is -2.58. The van der Waals surface area contributed by atoms with Gasteiger partial charge in [-0.3, -0.25) is 14.4 Å². The number of amides is 1. The average Bonchev–Trinajstić information content (AvgIpc) is 2.97. The second-order valence-corrected chi connectivity index (χ2v) is 7.63. The number of fused-ring (bicyclic) bond motifs is 1. The van der Waals surface area contributed by atoms with Crippen LogP contribution in [0, 0.1) is 0 Å². The van der Waals surface area contributed by atoms with Crippen molar-refractivity contribution in [2.24, 2.45) is 4.99 Å². The Morgan fingerprint density at radius 1 is 1.11 bits per heavy atom. The van der Waals surface area contributed by atoms with Crippen molar-refractivity contribution in [3.8, 4) is 0 Å². The number of ether oxygens (including phenoxy) is 1. The highest BCUT2D eigenvalue weighted by Crippen LogP contribution is 2.22. The summed E-state index contributed by atoms with van der Waals surface area (Å²) in [6.45, 7) is 1.42. The molecule has 0 fully saturated rings. The zero-order valence-corrected chi connectivity index (χ0v) is 17.0. The Morgan fingerprint density at radius 3 is 2.41 bits per heavy atom. The van der Waals surface area contributed by atoms with Crippen LogP contribution >= 0.6 is 27.3 Å². The first-order valence-corrected chi connectivity index (χ1v) is 9.56. The van der Waals surface area contributed by atoms with Crippen molar-refractivity contribution in [3.05, 3.63) is 62.9 Å². The molecule has 0 atom stereocenters. The Labute approximate surface area is 167 Å². The zero-order chi connectivity index (χ0) is 19.6. The standard InChI is InChI=1S/C19H15BrN2O4S/c1-11(23)12-3-5-13(6-4-12)18(25)21-19-22(10-17(24)26-2)15-8-7-14(20)9-16(15)27-19/h3-9H,10H2,1-2H3. The van der Waals surface area contributed by atoms with Gasteiger partial charge < -0.3 is 9.30 Å². The summed E-state index contributed by atoms with van der Waals surface area (Å²) in [7, 11) is 1.31. The van der Waals surface area contributed by atoms with Gasteiger partial charge in [0.1, 0.15) is 6.54 Å². The van der Waals surface area contributed by atoms with Crippen LogP contribution in [0.5, 0.6) is 0 Å². The van der Waals surface area contributed by atoms with E-state index in [1.807, 2.05) is 18.2 Å². The molecule has 3 aromatic rings. The number of rotatable bonds is 4. The molecule has 0 aliphatic carbocycles. The van der Waals surface area contributed by atoms with E-state index in [-0.39, 0.29) is 12.3 Å². The third-order valence-electron chi connectivity index (χ3n) is 3.90. The summed E-state index contributed by atoms with van der Waals surface area (Å²) in [6, 6.07) is 11.9. The smallest absolute Gasteiger partial charge is 0.325 e. The highest BCUT2D eigenvalue weighted by Gasteiger charge is 2.13. The number of hydrogen-bond acceptors (Lipinski definition) is 5. The van der Waals surface area contributed by atoms with E-state index in [4.69, 9.17) is 4.74 Å². The van der Waals surface area contributed by atoms with Crippen LogP contribution in [0.3, 0.4) is 0 Å². The number of carbonyl (C=O) groups excluding carboxylic acids is 3. The monoisotopic (exact) mass is 446 g/mol. The van der Waals surface area contributed by atoms with Crippen molar-refractivity contribution in [2.45, 2.75) is 13.5 Å². The molecule has 2 aromatic carbocycles. The van der Waals surface area contributed by atoms with Crippen LogP contribution in [0.1, 0.15) is 27.6 Å². The van der Waals surface area contributed by atoms with Crippen molar-refractivity contribution >= 4 is 55.1 Å². The van der Waals surface area contributed by atoms with E-state index in [1.165, 1.54) is 25.4 Å². The minimum absolute atomic E-state index is 0.0481. The lowest BCUT2D eigenvalue weighted by atomic mass is 10.1. The maximum Gasteiger partial charge on any atom is 0.325 e. The first-order chi connectivity index (χ1) is 12.9. The highest BCUT2D eigenvalue weighted by atomic mass is 79.9. The molecule has 0 spiro atoms. The van der Waals surface area contributed by atoms with Gasteiger partial charge in [-0.1, -0.05) is 39.4 Å². The Bertz CT molecular complexity index is 1110. The summed E-state index contributed by atoms with van der Waals surface area (Å²) < 4.78 is 8.18. The lowest BCUT2D eigenvalue weighted by Crippen LogP contribution is -2.22. The van der Waals surface area contributed by atoms with Crippen molar-refractivity contribution in [1.29, 1.82) is 0 Å². The minimum atomic E-state index is -0.450. The van der Waals surface area contributed by atoms with Crippen LogP contribution in [-0.2, 0) is 16.1 Å². The molecule has 1 amide bonds. The van der Waals surface area contributed by atoms with Crippen LogP contribution < -0.4 is 4.80 Å². The number of benzene rings is 2. The highest BCUT2D eigenvalue weighted by molar-refractivity contribution is 9.10. The SMILES string of the molecule is COC(=O)Cn1c(=NC(=O)c2ccc(C(C)=O)cc2)sc2cc(Br)ccc21. The molecule has 1 heterocycles. The predicted octanol–water partition coefficient (Wildman–Crippen LogP) is 3.58. The largest absolute Gasteiger partial charge is 0.468 e. The summed E-state index contributed by atoms with van der Waals surface area (Å²) in [6.07, 6.45) is 0. The lowest BCUT2D eigenvalue weighted by molar-refractivity contribution is -0.141. The lowest BCUT2D eigenvalue weighted by Gasteiger charge is -2.03. The topological polar surface area (TPSA) is 77.7 Å². The molecule has 8 heteroatoms. The molecule has 3 rings (SSSR count). The van der Waals surface area contributed by atoms with Gasteiger partial charge >= 0.3 is 5.97 Å². The second kappa shape index (κ2) is 7.98. The number of esters is 1. The van der Waals surface area contributed by atoms with E-state index >= 15 is 0 Å². The Kier molecular flexibility index (Phi) is 5.67. The summed E-state index contributed by atoms with van der Waals surface area (Å²) in [5.41, 5.74) is 1.68. The molecular weight excluding hydrogens is 432 g/mol. The van der Waals surface area contributed by atoms with Gasteiger partial charge in [0.2, 0.25) is 0 Å². The average molecular weight is 447 g/mol. The van der Waals surface area contributed by atoms with Gasteiger partial charge in [-0.05, 0) is 37.3 Å². The number of halogens is 1. The molecule has 0 saturated heterocycles. The number of hydrogen-bond donors (Lipinski definition) is 0. The number of carbonyl (C=O) groups is 3. The van der Waals surface area contributed by atoms with Crippen LogP contribution in [0.25, 0.3) is 10.2 Å². The third-order valence-corrected chi connectivity index (χ3v) is 5.43. The van der Waals surface area contributed by atoms with E-state index in [9.17, 15) is 14.4 Å². The first kappa shape index (κ1) is 19.2. The van der Waals surface area contributed by atoms with Crippen LogP contribution in [0.4, 0.5) is 0 Å². The fraction of sp³-hybridized carbons (Fsp3) is 0.158. The normalized spacial score (nSPS) is 11.6. The quantitative estimate of drug-likeness (QED) is 0.453. The fourth-order valence-corrected chi connectivity index (χ4v) is 4.06. The molecule has 1 aromatic heterocycles. The number of thiazole rings is 1. The number of methoxy groups -OCH3 is 1. The number of ketones is 1. The third kappa shape index (κ3) is 4.23. The van der Waals surface area contributed by atoms with Gasteiger partial charge in [0, 0.05) is 15.6 Å². The molecule has 0 aliphatic heterocycles. The fourth-order valence-electron chi connectivity index (χ4n) is 2.48. The predicted molar refractivity (Wildman–Crippen MR) is 106 cm³/mol. The molecule has 0 radical (unpaired) electrons. The summed E-state index contributed by atoms with van der Waals surface area (Å²) in [4.78, 5) is 40.3. The second-order valence-electron chi connectivity index (χ2n) is 5.71. The summed E-state index contributed by atoms with van der Waals surface area (Å²) in [5.74, 6) is -0.955. The summed E-state index contributed by atoms with van der Waals surface area (Å²) >= 11 is 4.72. The first-order valence-electron chi connectivity index (χ1n) is 7.95. The van der Waals surface area contributed by atoms with Crippen molar-refractivity contribution < 1.29 is 19.1 Å². The molecule has 138 valence electrons.